The molecule has 1 aromatic carbocycles. The lowest BCUT2D eigenvalue weighted by molar-refractivity contribution is 0.383. The molecule has 0 amide bonds. The zero-order valence-corrected chi connectivity index (χ0v) is 14.4. The van der Waals surface area contributed by atoms with Crippen molar-refractivity contribution in [2.75, 3.05) is 31.1 Å². The largest absolute Gasteiger partial charge is 0.353 e. The molecular formula is C16H18N6O2S. The molecule has 0 spiro atoms. The van der Waals surface area contributed by atoms with Crippen LogP contribution >= 0.6 is 0 Å². The molecule has 1 saturated heterocycles. The molecule has 130 valence electrons. The zero-order valence-electron chi connectivity index (χ0n) is 13.5. The average molecular weight is 358 g/mol. The minimum Gasteiger partial charge on any atom is -0.353 e. The third-order valence-corrected chi connectivity index (χ3v) is 6.20. The molecule has 3 heterocycles. The lowest BCUT2D eigenvalue weighted by Crippen LogP contribution is -2.49. The summed E-state index contributed by atoms with van der Waals surface area (Å²) in [5.74, 6) is 0.826. The number of rotatable bonds is 4. The van der Waals surface area contributed by atoms with Crippen LogP contribution in [0.25, 0.3) is 11.0 Å². The minimum absolute atomic E-state index is 0.0350. The van der Waals surface area contributed by atoms with Crippen molar-refractivity contribution in [1.82, 2.24) is 24.5 Å². The maximum atomic E-state index is 12.6. The van der Waals surface area contributed by atoms with Crippen molar-refractivity contribution in [1.29, 1.82) is 0 Å². The predicted octanol–water partition coefficient (Wildman–Crippen LogP) is 1.00. The highest BCUT2D eigenvalue weighted by Crippen LogP contribution is 2.23. The van der Waals surface area contributed by atoms with Crippen molar-refractivity contribution in [2.24, 2.45) is 0 Å². The van der Waals surface area contributed by atoms with Crippen LogP contribution in [-0.2, 0) is 15.8 Å². The number of nitrogens with one attached hydrogen (secondary N) is 1. The summed E-state index contributed by atoms with van der Waals surface area (Å²) in [7, 11) is -3.32. The van der Waals surface area contributed by atoms with Crippen molar-refractivity contribution < 1.29 is 8.42 Å². The molecule has 1 fully saturated rings. The molecule has 0 unspecified atom stereocenters. The second-order valence-electron chi connectivity index (χ2n) is 5.96. The van der Waals surface area contributed by atoms with Crippen LogP contribution in [0.4, 0.5) is 5.82 Å². The molecule has 2 aromatic heterocycles. The van der Waals surface area contributed by atoms with Crippen LogP contribution in [0.3, 0.4) is 0 Å². The van der Waals surface area contributed by atoms with Crippen molar-refractivity contribution in [3.63, 3.8) is 0 Å². The summed E-state index contributed by atoms with van der Waals surface area (Å²) in [6, 6.07) is 9.27. The molecule has 3 aromatic rings. The summed E-state index contributed by atoms with van der Waals surface area (Å²) in [6.07, 6.45) is 3.19. The van der Waals surface area contributed by atoms with Crippen molar-refractivity contribution in [2.45, 2.75) is 5.75 Å². The van der Waals surface area contributed by atoms with Gasteiger partial charge in [-0.25, -0.2) is 18.4 Å². The van der Waals surface area contributed by atoms with E-state index in [9.17, 15) is 8.42 Å². The van der Waals surface area contributed by atoms with Crippen LogP contribution in [0.1, 0.15) is 5.56 Å². The fourth-order valence-electron chi connectivity index (χ4n) is 3.06. The number of anilines is 1. The van der Waals surface area contributed by atoms with Gasteiger partial charge in [-0.05, 0) is 5.56 Å². The molecule has 9 heteroatoms. The average Bonchev–Trinajstić information content (AvgIpc) is 3.11. The standard InChI is InChI=1S/C16H18N6O2S/c23-25(24,11-13-4-2-1-3-5-13)22-8-6-21(7-9-22)16-14-10-19-20-15(14)17-12-18-16/h1-5,10,12H,6-9,11H2,(H,17,18,19,20). The highest BCUT2D eigenvalue weighted by atomic mass is 32.2. The van der Waals surface area contributed by atoms with Crippen LogP contribution in [0.2, 0.25) is 0 Å². The number of aromatic nitrogens is 4. The van der Waals surface area contributed by atoms with E-state index in [0.29, 0.717) is 31.8 Å². The van der Waals surface area contributed by atoms with Gasteiger partial charge in [0.15, 0.2) is 5.65 Å². The van der Waals surface area contributed by atoms with E-state index >= 15 is 0 Å². The van der Waals surface area contributed by atoms with Gasteiger partial charge in [-0.3, -0.25) is 5.10 Å². The fraction of sp³-hybridized carbons (Fsp3) is 0.312. The first kappa shape index (κ1) is 16.0. The number of hydrogen-bond donors (Lipinski definition) is 1. The zero-order chi connectivity index (χ0) is 17.3. The SMILES string of the molecule is O=S(=O)(Cc1ccccc1)N1CCN(c2ncnc3[nH]ncc23)CC1. The quantitative estimate of drug-likeness (QED) is 0.748. The Kier molecular flexibility index (Phi) is 4.10. The van der Waals surface area contributed by atoms with Gasteiger partial charge in [0.05, 0.1) is 17.3 Å². The molecule has 1 aliphatic rings. The fourth-order valence-corrected chi connectivity index (χ4v) is 4.57. The topological polar surface area (TPSA) is 95.1 Å². The molecule has 0 radical (unpaired) electrons. The van der Waals surface area contributed by atoms with Gasteiger partial charge in [0.2, 0.25) is 10.0 Å². The van der Waals surface area contributed by atoms with E-state index in [1.807, 2.05) is 30.3 Å². The van der Waals surface area contributed by atoms with E-state index in [4.69, 9.17) is 0 Å². The smallest absolute Gasteiger partial charge is 0.218 e. The summed E-state index contributed by atoms with van der Waals surface area (Å²) in [4.78, 5) is 10.6. The van der Waals surface area contributed by atoms with Crippen LogP contribution in [-0.4, -0.2) is 59.1 Å². The monoisotopic (exact) mass is 358 g/mol. The molecule has 0 aliphatic carbocycles. The Bertz CT molecular complexity index is 964. The van der Waals surface area contributed by atoms with Crippen molar-refractivity contribution in [3.8, 4) is 0 Å². The number of piperazine rings is 1. The van der Waals surface area contributed by atoms with Gasteiger partial charge in [0.1, 0.15) is 12.1 Å². The van der Waals surface area contributed by atoms with Crippen LogP contribution in [0.15, 0.2) is 42.9 Å². The number of hydrogen-bond acceptors (Lipinski definition) is 6. The first-order valence-electron chi connectivity index (χ1n) is 8.04. The second kappa shape index (κ2) is 6.41. The third-order valence-electron chi connectivity index (χ3n) is 4.35. The summed E-state index contributed by atoms with van der Waals surface area (Å²) in [5, 5.41) is 7.67. The van der Waals surface area contributed by atoms with Gasteiger partial charge >= 0.3 is 0 Å². The lowest BCUT2D eigenvalue weighted by Gasteiger charge is -2.34. The maximum absolute atomic E-state index is 12.6. The Morgan fingerprint density at radius 2 is 1.80 bits per heavy atom. The number of nitrogens with zero attached hydrogens (tertiary/aromatic N) is 5. The van der Waals surface area contributed by atoms with E-state index < -0.39 is 10.0 Å². The molecule has 0 atom stereocenters. The van der Waals surface area contributed by atoms with Crippen LogP contribution in [0, 0.1) is 0 Å². The summed E-state index contributed by atoms with van der Waals surface area (Å²) >= 11 is 0. The molecular weight excluding hydrogens is 340 g/mol. The minimum atomic E-state index is -3.32. The van der Waals surface area contributed by atoms with Crippen molar-refractivity contribution in [3.05, 3.63) is 48.4 Å². The highest BCUT2D eigenvalue weighted by Gasteiger charge is 2.28. The molecule has 1 N–H and O–H groups in total. The number of fused-ring (bicyclic) bond motifs is 1. The van der Waals surface area contributed by atoms with Gasteiger partial charge in [-0.15, -0.1) is 0 Å². The molecule has 0 bridgehead atoms. The molecule has 4 rings (SSSR count). The summed E-state index contributed by atoms with van der Waals surface area (Å²) in [6.45, 7) is 2.06. The van der Waals surface area contributed by atoms with E-state index in [0.717, 1.165) is 16.8 Å². The Hall–Kier alpha value is -2.52. The Labute approximate surface area is 145 Å². The number of aromatic amines is 1. The van der Waals surface area contributed by atoms with Gasteiger partial charge in [0.25, 0.3) is 0 Å². The van der Waals surface area contributed by atoms with E-state index in [1.165, 1.54) is 6.33 Å². The normalized spacial score (nSPS) is 16.4. The molecule has 8 nitrogen and oxygen atoms in total. The van der Waals surface area contributed by atoms with Crippen LogP contribution < -0.4 is 4.90 Å². The number of sulfonamides is 1. The van der Waals surface area contributed by atoms with Gasteiger partial charge in [-0.2, -0.15) is 9.40 Å². The van der Waals surface area contributed by atoms with E-state index in [2.05, 4.69) is 25.1 Å². The van der Waals surface area contributed by atoms with E-state index in [-0.39, 0.29) is 5.75 Å². The molecule has 1 aliphatic heterocycles. The first-order chi connectivity index (χ1) is 12.1. The predicted molar refractivity (Wildman–Crippen MR) is 94.5 cm³/mol. The summed E-state index contributed by atoms with van der Waals surface area (Å²) in [5.41, 5.74) is 1.49. The number of benzene rings is 1. The highest BCUT2D eigenvalue weighted by molar-refractivity contribution is 7.88. The van der Waals surface area contributed by atoms with E-state index in [1.54, 1.807) is 10.5 Å². The van der Waals surface area contributed by atoms with Gasteiger partial charge < -0.3 is 4.90 Å². The first-order valence-corrected chi connectivity index (χ1v) is 9.65. The van der Waals surface area contributed by atoms with Gasteiger partial charge in [-0.1, -0.05) is 30.3 Å². The number of H-pyrrole nitrogens is 1. The van der Waals surface area contributed by atoms with Crippen LogP contribution in [0.5, 0.6) is 0 Å². The maximum Gasteiger partial charge on any atom is 0.218 e. The Morgan fingerprint density at radius 3 is 2.56 bits per heavy atom. The molecule has 0 saturated carbocycles. The molecule has 25 heavy (non-hydrogen) atoms. The van der Waals surface area contributed by atoms with Crippen molar-refractivity contribution >= 4 is 26.9 Å². The second-order valence-corrected chi connectivity index (χ2v) is 7.93. The van der Waals surface area contributed by atoms with Gasteiger partial charge in [0, 0.05) is 26.2 Å². The third kappa shape index (κ3) is 3.20. The lowest BCUT2D eigenvalue weighted by atomic mass is 10.2. The Morgan fingerprint density at radius 1 is 1.04 bits per heavy atom. The Balaban J connectivity index is 1.47. The summed E-state index contributed by atoms with van der Waals surface area (Å²) < 4.78 is 26.8.